The van der Waals surface area contributed by atoms with Crippen LogP contribution in [0.1, 0.15) is 21.5 Å². The fourth-order valence-corrected chi connectivity index (χ4v) is 4.20. The highest BCUT2D eigenvalue weighted by Gasteiger charge is 2.17. The summed E-state index contributed by atoms with van der Waals surface area (Å²) in [6, 6.07) is 8.98. The Bertz CT molecular complexity index is 1180. The van der Waals surface area contributed by atoms with Gasteiger partial charge < -0.3 is 18.8 Å². The van der Waals surface area contributed by atoms with E-state index in [1.54, 1.807) is 22.8 Å². The Labute approximate surface area is 164 Å². The molecule has 0 saturated heterocycles. The molecule has 0 bridgehead atoms. The van der Waals surface area contributed by atoms with Gasteiger partial charge in [-0.05, 0) is 49.2 Å². The van der Waals surface area contributed by atoms with Crippen molar-refractivity contribution >= 4 is 33.4 Å². The van der Waals surface area contributed by atoms with Gasteiger partial charge in [-0.1, -0.05) is 17.4 Å². The van der Waals surface area contributed by atoms with Gasteiger partial charge in [-0.25, -0.2) is 0 Å². The zero-order valence-electron chi connectivity index (χ0n) is 15.6. The number of aromatic nitrogens is 1. The molecule has 144 valence electrons. The van der Waals surface area contributed by atoms with Crippen LogP contribution < -0.4 is 14.3 Å². The third-order valence-electron chi connectivity index (χ3n) is 4.45. The van der Waals surface area contributed by atoms with Crippen molar-refractivity contribution in [2.75, 3.05) is 13.9 Å². The van der Waals surface area contributed by atoms with Crippen LogP contribution in [-0.2, 0) is 16.1 Å². The number of carbonyl (C=O) groups is 2. The smallest absolute Gasteiger partial charge is 0.325 e. The maximum absolute atomic E-state index is 12.8. The maximum atomic E-state index is 12.8. The second-order valence-corrected chi connectivity index (χ2v) is 7.44. The van der Waals surface area contributed by atoms with Gasteiger partial charge >= 0.3 is 5.97 Å². The van der Waals surface area contributed by atoms with Crippen LogP contribution in [0, 0.1) is 13.8 Å². The van der Waals surface area contributed by atoms with E-state index < -0.39 is 11.9 Å². The van der Waals surface area contributed by atoms with Crippen LogP contribution in [0.15, 0.2) is 35.3 Å². The summed E-state index contributed by atoms with van der Waals surface area (Å²) >= 11 is 1.37. The van der Waals surface area contributed by atoms with Gasteiger partial charge in [-0.2, -0.15) is 4.99 Å². The number of methoxy groups -OCH3 is 1. The zero-order chi connectivity index (χ0) is 19.8. The molecule has 0 spiro atoms. The second kappa shape index (κ2) is 7.12. The van der Waals surface area contributed by atoms with Crippen LogP contribution >= 0.6 is 11.3 Å². The first-order valence-corrected chi connectivity index (χ1v) is 9.44. The molecule has 0 saturated carbocycles. The summed E-state index contributed by atoms with van der Waals surface area (Å²) in [4.78, 5) is 29.4. The number of fused-ring (bicyclic) bond motifs is 2. The Morgan fingerprint density at radius 1 is 1.18 bits per heavy atom. The average Bonchev–Trinajstić information content (AvgIpc) is 3.26. The Balaban J connectivity index is 1.84. The SMILES string of the molecule is COC(=O)Cn1c(=NC(=O)c2ccc3c(c2)OCO3)sc2c(C)cc(C)cc21. The molecule has 2 heterocycles. The number of hydrogen-bond acceptors (Lipinski definition) is 6. The topological polar surface area (TPSA) is 79.1 Å². The van der Waals surface area contributed by atoms with Gasteiger partial charge in [-0.3, -0.25) is 9.59 Å². The first-order chi connectivity index (χ1) is 13.5. The van der Waals surface area contributed by atoms with E-state index >= 15 is 0 Å². The lowest BCUT2D eigenvalue weighted by atomic mass is 10.1. The van der Waals surface area contributed by atoms with Crippen molar-refractivity contribution < 1.29 is 23.8 Å². The minimum absolute atomic E-state index is 0.0212. The van der Waals surface area contributed by atoms with Gasteiger partial charge in [0.1, 0.15) is 6.54 Å². The number of thiazole rings is 1. The van der Waals surface area contributed by atoms with Crippen LogP contribution in [-0.4, -0.2) is 30.3 Å². The van der Waals surface area contributed by atoms with Crippen LogP contribution in [0.5, 0.6) is 11.5 Å². The summed E-state index contributed by atoms with van der Waals surface area (Å²) in [6.07, 6.45) is 0. The van der Waals surface area contributed by atoms with Crippen molar-refractivity contribution in [1.29, 1.82) is 0 Å². The summed E-state index contributed by atoms with van der Waals surface area (Å²) in [5, 5.41) is 0. The first kappa shape index (κ1) is 18.2. The lowest BCUT2D eigenvalue weighted by molar-refractivity contribution is -0.141. The minimum Gasteiger partial charge on any atom is -0.468 e. The van der Waals surface area contributed by atoms with E-state index in [1.165, 1.54) is 18.4 Å². The summed E-state index contributed by atoms with van der Waals surface area (Å²) < 4.78 is 18.1. The molecule has 1 aliphatic rings. The second-order valence-electron chi connectivity index (χ2n) is 6.46. The molecule has 0 radical (unpaired) electrons. The molecule has 28 heavy (non-hydrogen) atoms. The van der Waals surface area contributed by atoms with Crippen LogP contribution in [0.25, 0.3) is 10.2 Å². The standard InChI is InChI=1S/C20H18N2O5S/c1-11-6-12(2)18-14(7-11)22(9-17(23)25-3)20(28-18)21-19(24)13-4-5-15-16(8-13)27-10-26-15/h4-8H,9-10H2,1-3H3. The van der Waals surface area contributed by atoms with E-state index in [0.717, 1.165) is 21.3 Å². The molecule has 0 unspecified atom stereocenters. The summed E-state index contributed by atoms with van der Waals surface area (Å²) in [5.41, 5.74) is 3.37. The van der Waals surface area contributed by atoms with E-state index in [1.807, 2.05) is 19.9 Å². The first-order valence-electron chi connectivity index (χ1n) is 8.62. The highest BCUT2D eigenvalue weighted by Crippen LogP contribution is 2.32. The van der Waals surface area contributed by atoms with Gasteiger partial charge in [0.15, 0.2) is 16.3 Å². The van der Waals surface area contributed by atoms with Crippen molar-refractivity contribution in [3.63, 3.8) is 0 Å². The number of aryl methyl sites for hydroxylation is 2. The molecule has 0 aliphatic carbocycles. The lowest BCUT2D eigenvalue weighted by Crippen LogP contribution is -2.22. The summed E-state index contributed by atoms with van der Waals surface area (Å²) in [6.45, 7) is 4.10. The summed E-state index contributed by atoms with van der Waals surface area (Å²) in [5.74, 6) is 0.297. The number of amides is 1. The van der Waals surface area contributed by atoms with Crippen molar-refractivity contribution in [3.8, 4) is 11.5 Å². The molecule has 1 aliphatic heterocycles. The Morgan fingerprint density at radius 3 is 2.75 bits per heavy atom. The fourth-order valence-electron chi connectivity index (χ4n) is 3.13. The predicted octanol–water partition coefficient (Wildman–Crippen LogP) is 2.96. The van der Waals surface area contributed by atoms with E-state index in [4.69, 9.17) is 14.2 Å². The molecule has 0 N–H and O–H groups in total. The number of ether oxygens (including phenoxy) is 3. The highest BCUT2D eigenvalue weighted by atomic mass is 32.1. The van der Waals surface area contributed by atoms with Gasteiger partial charge in [0.05, 0.1) is 17.3 Å². The molecule has 1 amide bonds. The zero-order valence-corrected chi connectivity index (χ0v) is 16.5. The van der Waals surface area contributed by atoms with Gasteiger partial charge in [0.2, 0.25) is 6.79 Å². The number of benzene rings is 2. The molecule has 0 fully saturated rings. The van der Waals surface area contributed by atoms with Gasteiger partial charge in [0, 0.05) is 5.56 Å². The third kappa shape index (κ3) is 3.27. The molecule has 7 nitrogen and oxygen atoms in total. The third-order valence-corrected chi connectivity index (χ3v) is 5.68. The molecule has 1 aromatic heterocycles. The highest BCUT2D eigenvalue weighted by molar-refractivity contribution is 7.16. The number of nitrogens with zero attached hydrogens (tertiary/aromatic N) is 2. The molecular weight excluding hydrogens is 380 g/mol. The molecule has 4 rings (SSSR count). The molecule has 0 atom stereocenters. The molecule has 3 aromatic rings. The van der Waals surface area contributed by atoms with E-state index in [0.29, 0.717) is 21.9 Å². The van der Waals surface area contributed by atoms with Gasteiger partial charge in [-0.15, -0.1) is 0 Å². The summed E-state index contributed by atoms with van der Waals surface area (Å²) in [7, 11) is 1.34. The Hall–Kier alpha value is -3.13. The number of hydrogen-bond donors (Lipinski definition) is 0. The van der Waals surface area contributed by atoms with Crippen molar-refractivity contribution in [3.05, 3.63) is 51.8 Å². The van der Waals surface area contributed by atoms with Crippen molar-refractivity contribution in [2.45, 2.75) is 20.4 Å². The van der Waals surface area contributed by atoms with Gasteiger partial charge in [0.25, 0.3) is 5.91 Å². The van der Waals surface area contributed by atoms with E-state index in [9.17, 15) is 9.59 Å². The van der Waals surface area contributed by atoms with Crippen LogP contribution in [0.4, 0.5) is 0 Å². The predicted molar refractivity (Wildman–Crippen MR) is 104 cm³/mol. The average molecular weight is 398 g/mol. The number of esters is 1. The van der Waals surface area contributed by atoms with Crippen molar-refractivity contribution in [1.82, 2.24) is 4.57 Å². The van der Waals surface area contributed by atoms with E-state index in [2.05, 4.69) is 11.1 Å². The molecule has 8 heteroatoms. The monoisotopic (exact) mass is 398 g/mol. The van der Waals surface area contributed by atoms with E-state index in [-0.39, 0.29) is 13.3 Å². The quantitative estimate of drug-likeness (QED) is 0.634. The lowest BCUT2D eigenvalue weighted by Gasteiger charge is -2.05. The minimum atomic E-state index is -0.419. The number of rotatable bonds is 3. The fraction of sp³-hybridized carbons (Fsp3) is 0.250. The Morgan fingerprint density at radius 2 is 1.96 bits per heavy atom. The van der Waals surface area contributed by atoms with Crippen LogP contribution in [0.3, 0.4) is 0 Å². The maximum Gasteiger partial charge on any atom is 0.325 e. The molecular formula is C20H18N2O5S. The number of carbonyl (C=O) groups excluding carboxylic acids is 2. The normalized spacial score (nSPS) is 13.2. The van der Waals surface area contributed by atoms with Crippen molar-refractivity contribution in [2.24, 2.45) is 4.99 Å². The molecule has 2 aromatic carbocycles. The van der Waals surface area contributed by atoms with Crippen LogP contribution in [0.2, 0.25) is 0 Å². The largest absolute Gasteiger partial charge is 0.468 e. The Kier molecular flexibility index (Phi) is 4.64.